The van der Waals surface area contributed by atoms with Gasteiger partial charge in [0.15, 0.2) is 0 Å². The Morgan fingerprint density at radius 3 is 2.67 bits per heavy atom. The van der Waals surface area contributed by atoms with Crippen LogP contribution in [-0.4, -0.2) is 38.1 Å². The number of nitrogens with two attached hydrogens (primary N) is 1. The van der Waals surface area contributed by atoms with E-state index in [1.54, 1.807) is 12.1 Å². The molecule has 5 heteroatoms. The van der Waals surface area contributed by atoms with Crippen LogP contribution >= 0.6 is 0 Å². The van der Waals surface area contributed by atoms with Gasteiger partial charge in [-0.05, 0) is 38.2 Å². The van der Waals surface area contributed by atoms with Crippen LogP contribution in [0.25, 0.3) is 0 Å². The zero-order valence-corrected chi connectivity index (χ0v) is 10.6. The van der Waals surface area contributed by atoms with Crippen molar-refractivity contribution in [1.82, 2.24) is 4.90 Å². The predicted molar refractivity (Wildman–Crippen MR) is 70.1 cm³/mol. The Morgan fingerprint density at radius 1 is 1.17 bits per heavy atom. The Morgan fingerprint density at radius 2 is 1.94 bits per heavy atom. The molecule has 1 heterocycles. The fourth-order valence-corrected chi connectivity index (χ4v) is 2.32. The SMILES string of the molecule is CN1CCCN(c2ccc(N)cc2C(F)F)CC1. The lowest BCUT2D eigenvalue weighted by atomic mass is 10.1. The summed E-state index contributed by atoms with van der Waals surface area (Å²) in [4.78, 5) is 4.25. The van der Waals surface area contributed by atoms with Crippen LogP contribution < -0.4 is 10.6 Å². The number of halogens is 2. The number of rotatable bonds is 2. The van der Waals surface area contributed by atoms with E-state index in [1.165, 1.54) is 6.07 Å². The summed E-state index contributed by atoms with van der Waals surface area (Å²) in [6.45, 7) is 3.50. The minimum Gasteiger partial charge on any atom is -0.399 e. The van der Waals surface area contributed by atoms with E-state index in [1.807, 2.05) is 4.90 Å². The van der Waals surface area contributed by atoms with Crippen LogP contribution in [-0.2, 0) is 0 Å². The highest BCUT2D eigenvalue weighted by Crippen LogP contribution is 2.32. The molecule has 0 aromatic heterocycles. The highest BCUT2D eigenvalue weighted by Gasteiger charge is 2.20. The number of alkyl halides is 2. The molecule has 1 fully saturated rings. The second-order valence-electron chi connectivity index (χ2n) is 4.76. The van der Waals surface area contributed by atoms with Crippen molar-refractivity contribution in [2.24, 2.45) is 0 Å². The van der Waals surface area contributed by atoms with Gasteiger partial charge in [-0.25, -0.2) is 8.78 Å². The van der Waals surface area contributed by atoms with Crippen molar-refractivity contribution < 1.29 is 8.78 Å². The van der Waals surface area contributed by atoms with Gasteiger partial charge in [0.2, 0.25) is 0 Å². The van der Waals surface area contributed by atoms with Gasteiger partial charge in [-0.2, -0.15) is 0 Å². The first-order chi connectivity index (χ1) is 8.58. The van der Waals surface area contributed by atoms with E-state index in [9.17, 15) is 8.78 Å². The Labute approximate surface area is 106 Å². The topological polar surface area (TPSA) is 32.5 Å². The Hall–Kier alpha value is -1.36. The maximum Gasteiger partial charge on any atom is 0.265 e. The molecule has 1 aromatic carbocycles. The third-order valence-corrected chi connectivity index (χ3v) is 3.35. The molecule has 2 rings (SSSR count). The molecular formula is C13H19F2N3. The molecule has 1 saturated heterocycles. The average molecular weight is 255 g/mol. The maximum atomic E-state index is 13.0. The van der Waals surface area contributed by atoms with Crippen LogP contribution in [0.1, 0.15) is 18.4 Å². The normalized spacial score (nSPS) is 18.1. The quantitative estimate of drug-likeness (QED) is 0.823. The molecule has 0 bridgehead atoms. The minimum atomic E-state index is -2.48. The lowest BCUT2D eigenvalue weighted by Gasteiger charge is -2.25. The lowest BCUT2D eigenvalue weighted by Crippen LogP contribution is -2.29. The van der Waals surface area contributed by atoms with Gasteiger partial charge in [0, 0.05) is 36.6 Å². The molecule has 0 radical (unpaired) electrons. The number of likely N-dealkylation sites (N-methyl/N-ethyl adjacent to an activating group) is 1. The molecule has 0 aliphatic carbocycles. The van der Waals surface area contributed by atoms with Gasteiger partial charge in [0.05, 0.1) is 0 Å². The molecule has 18 heavy (non-hydrogen) atoms. The largest absolute Gasteiger partial charge is 0.399 e. The molecule has 3 nitrogen and oxygen atoms in total. The van der Waals surface area contributed by atoms with E-state index in [2.05, 4.69) is 11.9 Å². The van der Waals surface area contributed by atoms with Gasteiger partial charge in [-0.3, -0.25) is 0 Å². The Balaban J connectivity index is 2.26. The van der Waals surface area contributed by atoms with Crippen LogP contribution in [0.15, 0.2) is 18.2 Å². The van der Waals surface area contributed by atoms with Crippen molar-refractivity contribution >= 4 is 11.4 Å². The van der Waals surface area contributed by atoms with E-state index < -0.39 is 6.43 Å². The Kier molecular flexibility index (Phi) is 4.01. The number of nitrogen functional groups attached to an aromatic ring is 1. The van der Waals surface area contributed by atoms with Crippen molar-refractivity contribution in [3.63, 3.8) is 0 Å². The van der Waals surface area contributed by atoms with E-state index in [4.69, 9.17) is 5.73 Å². The van der Waals surface area contributed by atoms with Crippen molar-refractivity contribution in [2.45, 2.75) is 12.8 Å². The van der Waals surface area contributed by atoms with E-state index in [0.29, 0.717) is 11.4 Å². The molecule has 1 aromatic rings. The van der Waals surface area contributed by atoms with Crippen molar-refractivity contribution in [3.05, 3.63) is 23.8 Å². The monoisotopic (exact) mass is 255 g/mol. The third kappa shape index (κ3) is 2.90. The average Bonchev–Trinajstić information content (AvgIpc) is 2.54. The minimum absolute atomic E-state index is 0.0413. The molecular weight excluding hydrogens is 236 g/mol. The molecule has 0 spiro atoms. The third-order valence-electron chi connectivity index (χ3n) is 3.35. The van der Waals surface area contributed by atoms with Gasteiger partial charge in [-0.1, -0.05) is 0 Å². The van der Waals surface area contributed by atoms with E-state index in [0.717, 1.165) is 32.6 Å². The summed E-state index contributed by atoms with van der Waals surface area (Å²) in [7, 11) is 2.06. The summed E-state index contributed by atoms with van der Waals surface area (Å²) in [5.41, 5.74) is 6.64. The van der Waals surface area contributed by atoms with Crippen LogP contribution in [0, 0.1) is 0 Å². The summed E-state index contributed by atoms with van der Waals surface area (Å²) in [5.74, 6) is 0. The zero-order valence-electron chi connectivity index (χ0n) is 10.6. The van der Waals surface area contributed by atoms with Crippen LogP contribution in [0.5, 0.6) is 0 Å². The number of anilines is 2. The summed E-state index contributed by atoms with van der Waals surface area (Å²) in [6.07, 6.45) is -1.49. The summed E-state index contributed by atoms with van der Waals surface area (Å²) in [6, 6.07) is 4.78. The van der Waals surface area contributed by atoms with Crippen LogP contribution in [0.3, 0.4) is 0 Å². The molecule has 0 atom stereocenters. The van der Waals surface area contributed by atoms with E-state index >= 15 is 0 Å². The van der Waals surface area contributed by atoms with Gasteiger partial charge < -0.3 is 15.5 Å². The highest BCUT2D eigenvalue weighted by atomic mass is 19.3. The molecule has 0 saturated carbocycles. The van der Waals surface area contributed by atoms with Crippen molar-refractivity contribution in [2.75, 3.05) is 43.9 Å². The molecule has 1 aliphatic rings. The molecule has 1 aliphatic heterocycles. The smallest absolute Gasteiger partial charge is 0.265 e. The highest BCUT2D eigenvalue weighted by molar-refractivity contribution is 5.60. The Bertz CT molecular complexity index is 409. The molecule has 2 N–H and O–H groups in total. The van der Waals surface area contributed by atoms with Crippen molar-refractivity contribution in [3.8, 4) is 0 Å². The molecule has 0 amide bonds. The van der Waals surface area contributed by atoms with Crippen LogP contribution in [0.4, 0.5) is 20.2 Å². The molecule has 0 unspecified atom stereocenters. The van der Waals surface area contributed by atoms with Gasteiger partial charge in [0.1, 0.15) is 0 Å². The van der Waals surface area contributed by atoms with Gasteiger partial charge >= 0.3 is 0 Å². The predicted octanol–water partition coefficient (Wildman–Crippen LogP) is 2.35. The first kappa shape index (κ1) is 13.1. The number of hydrogen-bond donors (Lipinski definition) is 1. The van der Waals surface area contributed by atoms with Gasteiger partial charge in [-0.15, -0.1) is 0 Å². The summed E-state index contributed by atoms with van der Waals surface area (Å²) in [5, 5.41) is 0. The number of benzene rings is 1. The van der Waals surface area contributed by atoms with Crippen molar-refractivity contribution in [1.29, 1.82) is 0 Å². The summed E-state index contributed by atoms with van der Waals surface area (Å²) >= 11 is 0. The fourth-order valence-electron chi connectivity index (χ4n) is 2.32. The standard InChI is InChI=1S/C13H19F2N3/c1-17-5-2-6-18(8-7-17)12-4-3-10(16)9-11(12)13(14)15/h3-4,9,13H,2,5-8,16H2,1H3. The number of hydrogen-bond acceptors (Lipinski definition) is 3. The second-order valence-corrected chi connectivity index (χ2v) is 4.76. The van der Waals surface area contributed by atoms with E-state index in [-0.39, 0.29) is 5.56 Å². The zero-order chi connectivity index (χ0) is 13.1. The first-order valence-electron chi connectivity index (χ1n) is 6.19. The van der Waals surface area contributed by atoms with Gasteiger partial charge in [0.25, 0.3) is 6.43 Å². The first-order valence-corrected chi connectivity index (χ1v) is 6.19. The molecule has 100 valence electrons. The van der Waals surface area contributed by atoms with Crippen LogP contribution in [0.2, 0.25) is 0 Å². The number of nitrogens with zero attached hydrogens (tertiary/aromatic N) is 2. The lowest BCUT2D eigenvalue weighted by molar-refractivity contribution is 0.152. The maximum absolute atomic E-state index is 13.0. The summed E-state index contributed by atoms with van der Waals surface area (Å²) < 4.78 is 26.1. The fraction of sp³-hybridized carbons (Fsp3) is 0.538. The second kappa shape index (κ2) is 5.52.